The molecule has 0 heterocycles. The first-order chi connectivity index (χ1) is 9.79. The van der Waals surface area contributed by atoms with Crippen LogP contribution in [0.4, 0.5) is 0 Å². The molecule has 0 atom stereocenters. The molecule has 0 unspecified atom stereocenters. The minimum atomic E-state index is -0.850. The zero-order valence-corrected chi connectivity index (χ0v) is 13.2. The summed E-state index contributed by atoms with van der Waals surface area (Å²) in [5.41, 5.74) is -0.419. The van der Waals surface area contributed by atoms with Crippen LogP contribution in [0.2, 0.25) is 0 Å². The Morgan fingerprint density at radius 1 is 1.05 bits per heavy atom. The van der Waals surface area contributed by atoms with E-state index >= 15 is 0 Å². The highest BCUT2D eigenvalue weighted by atomic mass is 16.4. The summed E-state index contributed by atoms with van der Waals surface area (Å²) in [5, 5.41) is 9.08. The molecule has 0 bridgehead atoms. The second kappa shape index (κ2) is 7.43. The molecule has 120 valence electrons. The largest absolute Gasteiger partial charge is 0.481 e. The van der Waals surface area contributed by atoms with Gasteiger partial charge in [0.25, 0.3) is 0 Å². The third-order valence-electron chi connectivity index (χ3n) is 4.28. The Hall–Kier alpha value is -1.59. The Morgan fingerprint density at radius 3 is 2.05 bits per heavy atom. The van der Waals surface area contributed by atoms with Crippen LogP contribution in [0.3, 0.4) is 0 Å². The predicted octanol–water partition coefficient (Wildman–Crippen LogP) is 1.35. The fraction of sp³-hybridized carbons (Fsp3) is 0.800. The van der Waals surface area contributed by atoms with Crippen LogP contribution in [0.25, 0.3) is 0 Å². The molecule has 2 amide bonds. The van der Waals surface area contributed by atoms with Gasteiger partial charge in [-0.3, -0.25) is 14.4 Å². The lowest BCUT2D eigenvalue weighted by Gasteiger charge is -2.30. The fourth-order valence-electron chi connectivity index (χ4n) is 2.98. The minimum absolute atomic E-state index is 0.0396. The molecule has 0 aromatic heterocycles. The lowest BCUT2D eigenvalue weighted by Crippen LogP contribution is -2.42. The Morgan fingerprint density at radius 2 is 1.62 bits per heavy atom. The summed E-state index contributed by atoms with van der Waals surface area (Å²) in [5.74, 6) is -1.09. The van der Waals surface area contributed by atoms with Crippen molar-refractivity contribution in [1.29, 1.82) is 0 Å². The molecule has 0 spiro atoms. The maximum absolute atomic E-state index is 12.4. The number of hydrogen-bond donors (Lipinski definition) is 1. The van der Waals surface area contributed by atoms with Crippen molar-refractivity contribution in [2.45, 2.75) is 45.4 Å². The molecular formula is C15H26N2O4. The van der Waals surface area contributed by atoms with E-state index in [1.165, 1.54) is 9.80 Å². The van der Waals surface area contributed by atoms with E-state index in [9.17, 15) is 14.4 Å². The Kier molecular flexibility index (Phi) is 6.18. The van der Waals surface area contributed by atoms with Crippen LogP contribution >= 0.6 is 0 Å². The van der Waals surface area contributed by atoms with Gasteiger partial charge in [0.1, 0.15) is 0 Å². The smallest absolute Gasteiger partial charge is 0.303 e. The lowest BCUT2D eigenvalue weighted by molar-refractivity contribution is -0.143. The zero-order chi connectivity index (χ0) is 16.0. The van der Waals surface area contributed by atoms with E-state index in [-0.39, 0.29) is 31.2 Å². The summed E-state index contributed by atoms with van der Waals surface area (Å²) in [4.78, 5) is 38.2. The molecular weight excluding hydrogens is 272 g/mol. The van der Waals surface area contributed by atoms with Gasteiger partial charge in [0.05, 0.1) is 13.0 Å². The van der Waals surface area contributed by atoms with Gasteiger partial charge in [0, 0.05) is 27.1 Å². The summed E-state index contributed by atoms with van der Waals surface area (Å²) in [7, 11) is 3.31. The van der Waals surface area contributed by atoms with Gasteiger partial charge in [-0.15, -0.1) is 0 Å². The molecule has 1 N–H and O–H groups in total. The van der Waals surface area contributed by atoms with Gasteiger partial charge in [0.2, 0.25) is 11.8 Å². The summed E-state index contributed by atoms with van der Waals surface area (Å²) in [6, 6.07) is 0. The second-order valence-electron chi connectivity index (χ2n) is 6.15. The van der Waals surface area contributed by atoms with E-state index in [2.05, 4.69) is 0 Å². The van der Waals surface area contributed by atoms with Crippen LogP contribution < -0.4 is 0 Å². The molecule has 1 saturated carbocycles. The van der Waals surface area contributed by atoms with Crippen LogP contribution in [0.1, 0.15) is 45.4 Å². The first-order valence-corrected chi connectivity index (χ1v) is 7.49. The molecule has 0 radical (unpaired) electrons. The number of nitrogens with zero attached hydrogens (tertiary/aromatic N) is 2. The number of carboxylic acids is 1. The molecule has 0 aromatic rings. The SMILES string of the molecule is CCN(CC(=O)N(C)C)C(=O)CC1(CC(=O)O)CCCC1. The average Bonchev–Trinajstić information content (AvgIpc) is 2.82. The molecule has 1 fully saturated rings. The van der Waals surface area contributed by atoms with Crippen molar-refractivity contribution < 1.29 is 19.5 Å². The number of hydrogen-bond acceptors (Lipinski definition) is 3. The molecule has 1 rings (SSSR count). The normalized spacial score (nSPS) is 16.5. The third kappa shape index (κ3) is 5.02. The Labute approximate surface area is 126 Å². The second-order valence-corrected chi connectivity index (χ2v) is 6.15. The van der Waals surface area contributed by atoms with Crippen LogP contribution in [-0.4, -0.2) is 59.9 Å². The standard InChI is InChI=1S/C15H26N2O4/c1-4-17(11-13(19)16(2)3)12(18)9-15(10-14(20)21)7-5-6-8-15/h4-11H2,1-3H3,(H,20,21). The zero-order valence-electron chi connectivity index (χ0n) is 13.2. The van der Waals surface area contributed by atoms with Crippen molar-refractivity contribution in [2.75, 3.05) is 27.2 Å². The highest BCUT2D eigenvalue weighted by Gasteiger charge is 2.39. The molecule has 1 aliphatic rings. The van der Waals surface area contributed by atoms with Crippen LogP contribution in [-0.2, 0) is 14.4 Å². The summed E-state index contributed by atoms with van der Waals surface area (Å²) >= 11 is 0. The quantitative estimate of drug-likeness (QED) is 0.769. The summed E-state index contributed by atoms with van der Waals surface area (Å²) in [6.45, 7) is 2.35. The first-order valence-electron chi connectivity index (χ1n) is 7.49. The number of aliphatic carboxylic acids is 1. The third-order valence-corrected chi connectivity index (χ3v) is 4.28. The van der Waals surface area contributed by atoms with Crippen molar-refractivity contribution in [3.8, 4) is 0 Å². The van der Waals surface area contributed by atoms with Crippen molar-refractivity contribution >= 4 is 17.8 Å². The highest BCUT2D eigenvalue weighted by Crippen LogP contribution is 2.44. The van der Waals surface area contributed by atoms with Crippen LogP contribution in [0.15, 0.2) is 0 Å². The molecule has 0 aliphatic heterocycles. The number of carbonyl (C=O) groups is 3. The fourth-order valence-corrected chi connectivity index (χ4v) is 2.98. The maximum atomic E-state index is 12.4. The van der Waals surface area contributed by atoms with Gasteiger partial charge >= 0.3 is 5.97 Å². The minimum Gasteiger partial charge on any atom is -0.481 e. The number of rotatable bonds is 7. The maximum Gasteiger partial charge on any atom is 0.303 e. The molecule has 1 aliphatic carbocycles. The van der Waals surface area contributed by atoms with Gasteiger partial charge in [0.15, 0.2) is 0 Å². The lowest BCUT2D eigenvalue weighted by atomic mass is 9.79. The molecule has 6 nitrogen and oxygen atoms in total. The van der Waals surface area contributed by atoms with E-state index < -0.39 is 11.4 Å². The molecule has 0 saturated heterocycles. The summed E-state index contributed by atoms with van der Waals surface area (Å²) < 4.78 is 0. The van der Waals surface area contributed by atoms with E-state index in [0.717, 1.165) is 25.7 Å². The van der Waals surface area contributed by atoms with Crippen molar-refractivity contribution in [2.24, 2.45) is 5.41 Å². The van der Waals surface area contributed by atoms with Gasteiger partial charge in [-0.05, 0) is 25.2 Å². The van der Waals surface area contributed by atoms with Crippen molar-refractivity contribution in [3.05, 3.63) is 0 Å². The van der Waals surface area contributed by atoms with Crippen LogP contribution in [0.5, 0.6) is 0 Å². The Balaban J connectivity index is 2.71. The van der Waals surface area contributed by atoms with Gasteiger partial charge in [-0.1, -0.05) is 12.8 Å². The van der Waals surface area contributed by atoms with Gasteiger partial charge < -0.3 is 14.9 Å². The van der Waals surface area contributed by atoms with Gasteiger partial charge in [-0.2, -0.15) is 0 Å². The predicted molar refractivity (Wildman–Crippen MR) is 78.7 cm³/mol. The summed E-state index contributed by atoms with van der Waals surface area (Å²) in [6.07, 6.45) is 3.78. The average molecular weight is 298 g/mol. The van der Waals surface area contributed by atoms with Gasteiger partial charge in [-0.25, -0.2) is 0 Å². The van der Waals surface area contributed by atoms with E-state index in [1.807, 2.05) is 6.92 Å². The molecule has 21 heavy (non-hydrogen) atoms. The number of carbonyl (C=O) groups excluding carboxylic acids is 2. The van der Waals surface area contributed by atoms with Crippen LogP contribution in [0, 0.1) is 5.41 Å². The Bertz CT molecular complexity index is 400. The van der Waals surface area contributed by atoms with Crippen molar-refractivity contribution in [1.82, 2.24) is 9.80 Å². The number of carboxylic acid groups (broad SMARTS) is 1. The van der Waals surface area contributed by atoms with E-state index in [1.54, 1.807) is 14.1 Å². The molecule has 0 aromatic carbocycles. The number of likely N-dealkylation sites (N-methyl/N-ethyl adjacent to an activating group) is 2. The van der Waals surface area contributed by atoms with Crippen molar-refractivity contribution in [3.63, 3.8) is 0 Å². The van der Waals surface area contributed by atoms with E-state index in [4.69, 9.17) is 5.11 Å². The molecule has 6 heteroatoms. The number of amides is 2. The highest BCUT2D eigenvalue weighted by molar-refractivity contribution is 5.85. The first kappa shape index (κ1) is 17.5. The topological polar surface area (TPSA) is 77.9 Å². The van der Waals surface area contributed by atoms with E-state index in [0.29, 0.717) is 6.54 Å². The monoisotopic (exact) mass is 298 g/mol.